The highest BCUT2D eigenvalue weighted by atomic mass is 32.2. The first-order valence-electron chi connectivity index (χ1n) is 6.23. The number of hydrogen-bond acceptors (Lipinski definition) is 3. The van der Waals surface area contributed by atoms with Crippen LogP contribution in [0.3, 0.4) is 0 Å². The molecule has 0 heterocycles. The van der Waals surface area contributed by atoms with Gasteiger partial charge in [0.05, 0.1) is 10.6 Å². The van der Waals surface area contributed by atoms with Crippen molar-refractivity contribution in [1.82, 2.24) is 0 Å². The minimum absolute atomic E-state index is 0.0258. The molecule has 0 aromatic heterocycles. The van der Waals surface area contributed by atoms with E-state index in [2.05, 4.69) is 10.0 Å². The van der Waals surface area contributed by atoms with Crippen LogP contribution in [0.15, 0.2) is 47.4 Å². The normalized spacial score (nSPS) is 11.0. The van der Waals surface area contributed by atoms with Crippen LogP contribution in [0.1, 0.15) is 5.56 Å². The fraction of sp³-hybridized carbons (Fsp3) is 0.0714. The summed E-state index contributed by atoms with van der Waals surface area (Å²) in [7, 11) is -3.87. The summed E-state index contributed by atoms with van der Waals surface area (Å²) in [4.78, 5) is 10.8. The number of carbonyl (C=O) groups excluding carboxylic acids is 1. The maximum atomic E-state index is 13.1. The molecule has 0 aliphatic rings. The summed E-state index contributed by atoms with van der Waals surface area (Å²) in [6, 6.07) is 8.70. The standard InChI is InChI=1S/C14H14FN3O3S/c1-9-7-10(15)5-6-13(9)22(20,21)18-12-4-2-3-11(8-12)17-14(16)19/h2-8,18H,1H3,(H3,16,17,19). The van der Waals surface area contributed by atoms with Crippen LogP contribution in [-0.2, 0) is 10.0 Å². The number of sulfonamides is 1. The Morgan fingerprint density at radius 1 is 1.14 bits per heavy atom. The topological polar surface area (TPSA) is 101 Å². The van der Waals surface area contributed by atoms with Gasteiger partial charge in [0.2, 0.25) is 0 Å². The number of amides is 2. The molecule has 0 atom stereocenters. The second-order valence-corrected chi connectivity index (χ2v) is 6.24. The Bertz CT molecular complexity index is 822. The Morgan fingerprint density at radius 3 is 2.45 bits per heavy atom. The average Bonchev–Trinajstić information content (AvgIpc) is 2.36. The second kappa shape index (κ2) is 6.02. The van der Waals surface area contributed by atoms with Crippen LogP contribution in [0.5, 0.6) is 0 Å². The van der Waals surface area contributed by atoms with Crippen molar-refractivity contribution in [3.63, 3.8) is 0 Å². The van der Waals surface area contributed by atoms with Crippen molar-refractivity contribution in [2.75, 3.05) is 10.0 Å². The van der Waals surface area contributed by atoms with Gasteiger partial charge >= 0.3 is 6.03 Å². The molecular weight excluding hydrogens is 309 g/mol. The first kappa shape index (κ1) is 15.8. The Labute approximate surface area is 127 Å². The summed E-state index contributed by atoms with van der Waals surface area (Å²) < 4.78 is 40.1. The van der Waals surface area contributed by atoms with Gasteiger partial charge in [0.15, 0.2) is 0 Å². The quantitative estimate of drug-likeness (QED) is 0.805. The summed E-state index contributed by atoms with van der Waals surface area (Å²) in [5, 5.41) is 2.34. The molecule has 0 aliphatic heterocycles. The molecule has 2 rings (SSSR count). The third-order valence-corrected chi connectivity index (χ3v) is 4.35. The number of halogens is 1. The minimum atomic E-state index is -3.87. The third kappa shape index (κ3) is 3.73. The molecule has 0 aliphatic carbocycles. The number of nitrogens with one attached hydrogen (secondary N) is 2. The molecule has 8 heteroatoms. The van der Waals surface area contributed by atoms with Crippen molar-refractivity contribution in [2.24, 2.45) is 5.73 Å². The SMILES string of the molecule is Cc1cc(F)ccc1S(=O)(=O)Nc1cccc(NC(N)=O)c1. The third-order valence-electron chi connectivity index (χ3n) is 2.81. The van der Waals surface area contributed by atoms with Gasteiger partial charge in [-0.3, -0.25) is 4.72 Å². The maximum Gasteiger partial charge on any atom is 0.316 e. The summed E-state index contributed by atoms with van der Waals surface area (Å²) in [5.74, 6) is -0.510. The lowest BCUT2D eigenvalue weighted by Crippen LogP contribution is -2.19. The van der Waals surface area contributed by atoms with Crippen molar-refractivity contribution < 1.29 is 17.6 Å². The van der Waals surface area contributed by atoms with Gasteiger partial charge in [-0.25, -0.2) is 17.6 Å². The molecule has 116 valence electrons. The van der Waals surface area contributed by atoms with E-state index in [1.54, 1.807) is 12.1 Å². The van der Waals surface area contributed by atoms with Gasteiger partial charge in [0.25, 0.3) is 10.0 Å². The van der Waals surface area contributed by atoms with Crippen LogP contribution >= 0.6 is 0 Å². The Kier molecular flexibility index (Phi) is 4.32. The lowest BCUT2D eigenvalue weighted by Gasteiger charge is -2.11. The number of anilines is 2. The summed E-state index contributed by atoms with van der Waals surface area (Å²) in [5.41, 5.74) is 5.89. The van der Waals surface area contributed by atoms with Crippen LogP contribution in [-0.4, -0.2) is 14.4 Å². The number of primary amides is 1. The lowest BCUT2D eigenvalue weighted by atomic mass is 10.2. The number of carbonyl (C=O) groups is 1. The molecule has 0 bridgehead atoms. The van der Waals surface area contributed by atoms with Crippen LogP contribution in [0, 0.1) is 12.7 Å². The molecule has 2 aromatic rings. The van der Waals surface area contributed by atoms with E-state index in [0.29, 0.717) is 11.3 Å². The fourth-order valence-electron chi connectivity index (χ4n) is 1.93. The van der Waals surface area contributed by atoms with Crippen molar-refractivity contribution >= 4 is 27.4 Å². The zero-order valence-electron chi connectivity index (χ0n) is 11.6. The number of aryl methyl sites for hydroxylation is 1. The molecule has 0 fully saturated rings. The van der Waals surface area contributed by atoms with Gasteiger partial charge in [0.1, 0.15) is 5.82 Å². The predicted octanol–water partition coefficient (Wildman–Crippen LogP) is 2.43. The van der Waals surface area contributed by atoms with Crippen molar-refractivity contribution in [3.8, 4) is 0 Å². The molecule has 2 amide bonds. The van der Waals surface area contributed by atoms with E-state index in [9.17, 15) is 17.6 Å². The van der Waals surface area contributed by atoms with E-state index in [-0.39, 0.29) is 10.6 Å². The van der Waals surface area contributed by atoms with Crippen molar-refractivity contribution in [2.45, 2.75) is 11.8 Å². The highest BCUT2D eigenvalue weighted by molar-refractivity contribution is 7.92. The Balaban J connectivity index is 2.30. The molecule has 0 radical (unpaired) electrons. The van der Waals surface area contributed by atoms with Crippen LogP contribution in [0.25, 0.3) is 0 Å². The van der Waals surface area contributed by atoms with Gasteiger partial charge in [-0.15, -0.1) is 0 Å². The second-order valence-electron chi connectivity index (χ2n) is 4.59. The summed E-state index contributed by atoms with van der Waals surface area (Å²) in [6.07, 6.45) is 0. The van der Waals surface area contributed by atoms with Gasteiger partial charge in [0, 0.05) is 5.69 Å². The molecule has 4 N–H and O–H groups in total. The molecule has 22 heavy (non-hydrogen) atoms. The van der Waals surface area contributed by atoms with E-state index in [0.717, 1.165) is 12.1 Å². The smallest absolute Gasteiger partial charge is 0.316 e. The number of benzene rings is 2. The first-order chi connectivity index (χ1) is 10.3. The fourth-order valence-corrected chi connectivity index (χ4v) is 3.20. The van der Waals surface area contributed by atoms with Crippen LogP contribution < -0.4 is 15.8 Å². The monoisotopic (exact) mass is 323 g/mol. The Morgan fingerprint density at radius 2 is 1.82 bits per heavy atom. The molecule has 0 saturated carbocycles. The van der Waals surface area contributed by atoms with Gasteiger partial charge < -0.3 is 11.1 Å². The first-order valence-corrected chi connectivity index (χ1v) is 7.72. The number of hydrogen-bond donors (Lipinski definition) is 3. The molecule has 6 nitrogen and oxygen atoms in total. The summed E-state index contributed by atoms with van der Waals surface area (Å²) in [6.45, 7) is 1.50. The average molecular weight is 323 g/mol. The maximum absolute atomic E-state index is 13.1. The van der Waals surface area contributed by atoms with Crippen molar-refractivity contribution in [3.05, 3.63) is 53.8 Å². The van der Waals surface area contributed by atoms with Gasteiger partial charge in [-0.05, 0) is 48.9 Å². The zero-order valence-corrected chi connectivity index (χ0v) is 12.4. The molecule has 0 unspecified atom stereocenters. The van der Waals surface area contributed by atoms with Crippen LogP contribution in [0.4, 0.5) is 20.6 Å². The van der Waals surface area contributed by atoms with Crippen LogP contribution in [0.2, 0.25) is 0 Å². The molecule has 0 saturated heterocycles. The van der Waals surface area contributed by atoms with E-state index in [4.69, 9.17) is 5.73 Å². The van der Waals surface area contributed by atoms with Crippen molar-refractivity contribution in [1.29, 1.82) is 0 Å². The zero-order chi connectivity index (χ0) is 16.3. The van der Waals surface area contributed by atoms with E-state index in [1.165, 1.54) is 25.1 Å². The number of urea groups is 1. The molecular formula is C14H14FN3O3S. The highest BCUT2D eigenvalue weighted by Gasteiger charge is 2.17. The summed E-state index contributed by atoms with van der Waals surface area (Å²) >= 11 is 0. The highest BCUT2D eigenvalue weighted by Crippen LogP contribution is 2.22. The van der Waals surface area contributed by atoms with Gasteiger partial charge in [-0.1, -0.05) is 6.07 Å². The predicted molar refractivity (Wildman–Crippen MR) is 81.6 cm³/mol. The largest absolute Gasteiger partial charge is 0.351 e. The van der Waals surface area contributed by atoms with E-state index >= 15 is 0 Å². The van der Waals surface area contributed by atoms with E-state index in [1.807, 2.05) is 0 Å². The van der Waals surface area contributed by atoms with E-state index < -0.39 is 21.9 Å². The minimum Gasteiger partial charge on any atom is -0.351 e. The molecule has 2 aromatic carbocycles. The van der Waals surface area contributed by atoms with Gasteiger partial charge in [-0.2, -0.15) is 0 Å². The number of nitrogens with two attached hydrogens (primary N) is 1. The number of rotatable bonds is 4. The lowest BCUT2D eigenvalue weighted by molar-refractivity contribution is 0.259. The molecule has 0 spiro atoms. The Hall–Kier alpha value is -2.61.